The Hall–Kier alpha value is -3.61. The maximum Gasteiger partial charge on any atom is 0.347 e. The van der Waals surface area contributed by atoms with Gasteiger partial charge in [0.15, 0.2) is 0 Å². The van der Waals surface area contributed by atoms with Crippen LogP contribution < -0.4 is 21.3 Å². The van der Waals surface area contributed by atoms with E-state index in [-0.39, 0.29) is 18.8 Å². The summed E-state index contributed by atoms with van der Waals surface area (Å²) in [4.78, 5) is 35.9. The van der Waals surface area contributed by atoms with Gasteiger partial charge in [0, 0.05) is 13.6 Å². The van der Waals surface area contributed by atoms with E-state index in [2.05, 4.69) is 10.4 Å². The fourth-order valence-corrected chi connectivity index (χ4v) is 3.24. The molecule has 0 aliphatic heterocycles. The number of hydrogen-bond donors (Lipinski definition) is 2. The van der Waals surface area contributed by atoms with Crippen LogP contribution in [0.25, 0.3) is 0 Å². The second-order valence-electron chi connectivity index (χ2n) is 7.69. The molecule has 0 bridgehead atoms. The number of carboxylic acids is 1. The highest BCUT2D eigenvalue weighted by Gasteiger charge is 2.34. The highest BCUT2D eigenvalue weighted by atomic mass is 16.5. The lowest BCUT2D eigenvalue weighted by atomic mass is 10.0. The fourth-order valence-electron chi connectivity index (χ4n) is 3.24. The van der Waals surface area contributed by atoms with Crippen LogP contribution in [0.15, 0.2) is 33.9 Å². The maximum atomic E-state index is 12.3. The van der Waals surface area contributed by atoms with Crippen LogP contribution in [0.2, 0.25) is 0 Å². The van der Waals surface area contributed by atoms with Gasteiger partial charge in [0.25, 0.3) is 5.56 Å². The molecule has 0 fully saturated rings. The number of carbonyl (C=O) groups is 1. The first-order valence-electron chi connectivity index (χ1n) is 10.5. The van der Waals surface area contributed by atoms with E-state index in [9.17, 15) is 19.5 Å². The molecule has 2 aromatic rings. The van der Waals surface area contributed by atoms with Gasteiger partial charge in [0.1, 0.15) is 5.75 Å². The molecule has 10 heteroatoms. The zero-order valence-electron chi connectivity index (χ0n) is 18.6. The number of carboxylic acid groups (broad SMARTS) is 1. The van der Waals surface area contributed by atoms with Gasteiger partial charge in [-0.15, -0.1) is 5.10 Å². The molecule has 32 heavy (non-hydrogen) atoms. The van der Waals surface area contributed by atoms with Gasteiger partial charge < -0.3 is 15.2 Å². The van der Waals surface area contributed by atoms with Crippen molar-refractivity contribution in [1.82, 2.24) is 14.3 Å². The summed E-state index contributed by atoms with van der Waals surface area (Å²) >= 11 is 0. The molecule has 0 saturated heterocycles. The Morgan fingerprint density at radius 3 is 2.78 bits per heavy atom. The summed E-state index contributed by atoms with van der Waals surface area (Å²) in [5, 5.41) is 25.2. The number of rotatable bonds is 12. The SMILES string of the molecule is CCCC(C)(Oc1cccc(CCCNc2nn(CCC#N)c(=O)n(C)c2=O)c1)C(=O)O. The van der Waals surface area contributed by atoms with E-state index in [0.717, 1.165) is 14.8 Å². The zero-order chi connectivity index (χ0) is 23.7. The lowest BCUT2D eigenvalue weighted by Crippen LogP contribution is -2.41. The maximum absolute atomic E-state index is 12.3. The van der Waals surface area contributed by atoms with E-state index in [1.165, 1.54) is 7.05 Å². The van der Waals surface area contributed by atoms with Crippen LogP contribution >= 0.6 is 0 Å². The Balaban J connectivity index is 2.00. The number of anilines is 1. The highest BCUT2D eigenvalue weighted by molar-refractivity contribution is 5.77. The van der Waals surface area contributed by atoms with Gasteiger partial charge >= 0.3 is 11.7 Å². The topological polar surface area (TPSA) is 139 Å². The number of nitriles is 1. The summed E-state index contributed by atoms with van der Waals surface area (Å²) in [6, 6.07) is 9.23. The molecule has 1 aromatic heterocycles. The van der Waals surface area contributed by atoms with Gasteiger partial charge in [0.2, 0.25) is 11.4 Å². The lowest BCUT2D eigenvalue weighted by molar-refractivity contribution is -0.154. The van der Waals surface area contributed by atoms with Gasteiger partial charge in [0.05, 0.1) is 19.0 Å². The summed E-state index contributed by atoms with van der Waals surface area (Å²) in [5.41, 5.74) is -1.41. The third kappa shape index (κ3) is 6.20. The van der Waals surface area contributed by atoms with Crippen LogP contribution in [0.5, 0.6) is 5.75 Å². The number of nitrogens with one attached hydrogen (secondary N) is 1. The van der Waals surface area contributed by atoms with E-state index >= 15 is 0 Å². The predicted octanol–water partition coefficient (Wildman–Crippen LogP) is 1.92. The van der Waals surface area contributed by atoms with Gasteiger partial charge in [-0.3, -0.25) is 9.36 Å². The fraction of sp³-hybridized carbons (Fsp3) is 0.500. The second kappa shape index (κ2) is 11.1. The van der Waals surface area contributed by atoms with E-state index in [4.69, 9.17) is 10.00 Å². The molecular weight excluding hydrogens is 414 g/mol. The smallest absolute Gasteiger partial charge is 0.347 e. The molecule has 2 N–H and O–H groups in total. The Labute approximate surface area is 186 Å². The summed E-state index contributed by atoms with van der Waals surface area (Å²) in [7, 11) is 1.37. The summed E-state index contributed by atoms with van der Waals surface area (Å²) in [6.45, 7) is 4.02. The molecule has 10 nitrogen and oxygen atoms in total. The number of aliphatic carboxylic acids is 1. The molecule has 0 spiro atoms. The quantitative estimate of drug-likeness (QED) is 0.474. The van der Waals surface area contributed by atoms with Crippen molar-refractivity contribution in [2.75, 3.05) is 11.9 Å². The summed E-state index contributed by atoms with van der Waals surface area (Å²) in [6.07, 6.45) is 2.52. The first-order chi connectivity index (χ1) is 15.2. The van der Waals surface area contributed by atoms with Crippen LogP contribution in [0, 0.1) is 11.3 Å². The minimum atomic E-state index is -1.28. The number of aryl methyl sites for hydroxylation is 2. The molecule has 1 heterocycles. The standard InChI is InChI=1S/C22H29N5O5/c1-4-11-22(2,20(29)30)32-17-10-5-8-16(15-17)9-6-13-24-18-19(28)26(3)21(31)27(25-18)14-7-12-23/h5,8,10,15H,4,6-7,9,11,13-14H2,1-3H3,(H,24,25)(H,29,30). The van der Waals surface area contributed by atoms with Crippen LogP contribution in [-0.4, -0.2) is 37.6 Å². The lowest BCUT2D eigenvalue weighted by Gasteiger charge is -2.26. The third-order valence-electron chi connectivity index (χ3n) is 5.03. The van der Waals surface area contributed by atoms with Gasteiger partial charge in [-0.05, 0) is 43.9 Å². The number of benzene rings is 1. The molecule has 2 rings (SSSR count). The summed E-state index contributed by atoms with van der Waals surface area (Å²) in [5.74, 6) is -0.452. The van der Waals surface area contributed by atoms with Crippen LogP contribution in [-0.2, 0) is 24.8 Å². The molecular formula is C22H29N5O5. The number of nitrogens with zero attached hydrogens (tertiary/aromatic N) is 4. The molecule has 0 radical (unpaired) electrons. The third-order valence-corrected chi connectivity index (χ3v) is 5.03. The van der Waals surface area contributed by atoms with E-state index in [1.54, 1.807) is 13.0 Å². The molecule has 0 saturated carbocycles. The van der Waals surface area contributed by atoms with Crippen molar-refractivity contribution >= 4 is 11.8 Å². The Morgan fingerprint density at radius 2 is 2.12 bits per heavy atom. The highest BCUT2D eigenvalue weighted by Crippen LogP contribution is 2.24. The molecule has 1 atom stereocenters. The van der Waals surface area contributed by atoms with Crippen LogP contribution in [0.3, 0.4) is 0 Å². The monoisotopic (exact) mass is 443 g/mol. The zero-order valence-corrected chi connectivity index (χ0v) is 18.6. The van der Waals surface area contributed by atoms with Gasteiger partial charge in [-0.1, -0.05) is 25.5 Å². The first kappa shape index (κ1) is 24.7. The first-order valence-corrected chi connectivity index (χ1v) is 10.5. The van der Waals surface area contributed by atoms with Crippen molar-refractivity contribution in [2.45, 2.75) is 58.1 Å². The Bertz CT molecular complexity index is 1100. The Kier molecular flexibility index (Phi) is 8.58. The Morgan fingerprint density at radius 1 is 1.38 bits per heavy atom. The molecule has 1 unspecified atom stereocenters. The van der Waals surface area contributed by atoms with Crippen molar-refractivity contribution in [1.29, 1.82) is 5.26 Å². The van der Waals surface area contributed by atoms with Gasteiger partial charge in [-0.25, -0.2) is 14.3 Å². The molecule has 172 valence electrons. The van der Waals surface area contributed by atoms with E-state index in [0.29, 0.717) is 38.0 Å². The van der Waals surface area contributed by atoms with Crippen molar-refractivity contribution in [3.05, 3.63) is 50.7 Å². The average Bonchev–Trinajstić information content (AvgIpc) is 2.76. The second-order valence-corrected chi connectivity index (χ2v) is 7.69. The predicted molar refractivity (Wildman–Crippen MR) is 119 cm³/mol. The van der Waals surface area contributed by atoms with Gasteiger partial charge in [-0.2, -0.15) is 5.26 Å². The van der Waals surface area contributed by atoms with Crippen molar-refractivity contribution < 1.29 is 14.6 Å². The molecule has 1 aromatic carbocycles. The molecule has 0 aliphatic carbocycles. The number of ether oxygens (including phenoxy) is 1. The van der Waals surface area contributed by atoms with Crippen LogP contribution in [0.1, 0.15) is 45.1 Å². The average molecular weight is 444 g/mol. The normalized spacial score (nSPS) is 12.6. The minimum absolute atomic E-state index is 0.0546. The van der Waals surface area contributed by atoms with Crippen molar-refractivity contribution in [2.24, 2.45) is 7.05 Å². The van der Waals surface area contributed by atoms with Crippen molar-refractivity contribution in [3.63, 3.8) is 0 Å². The van der Waals surface area contributed by atoms with Crippen molar-refractivity contribution in [3.8, 4) is 11.8 Å². The molecule has 0 aliphatic rings. The van der Waals surface area contributed by atoms with E-state index < -0.39 is 22.8 Å². The molecule has 0 amide bonds. The summed E-state index contributed by atoms with van der Waals surface area (Å²) < 4.78 is 7.84. The minimum Gasteiger partial charge on any atom is -0.478 e. The number of aromatic nitrogens is 3. The number of hydrogen-bond acceptors (Lipinski definition) is 7. The van der Waals surface area contributed by atoms with E-state index in [1.807, 2.05) is 31.2 Å². The largest absolute Gasteiger partial charge is 0.478 e. The van der Waals surface area contributed by atoms with Crippen LogP contribution in [0.4, 0.5) is 5.82 Å².